The van der Waals surface area contributed by atoms with Gasteiger partial charge in [0.2, 0.25) is 0 Å². The Kier molecular flexibility index (Phi) is 4.17. The van der Waals surface area contributed by atoms with Gasteiger partial charge in [0.15, 0.2) is 0 Å². The molecule has 19 heavy (non-hydrogen) atoms. The molecule has 2 rings (SSSR count). The summed E-state index contributed by atoms with van der Waals surface area (Å²) >= 11 is 5.11. The molecule has 0 saturated heterocycles. The minimum Gasteiger partial charge on any atom is -0.389 e. The second kappa shape index (κ2) is 5.85. The number of para-hydroxylation sites is 1. The van der Waals surface area contributed by atoms with Gasteiger partial charge in [-0.1, -0.05) is 48.6 Å². The van der Waals surface area contributed by atoms with Gasteiger partial charge < -0.3 is 10.6 Å². The van der Waals surface area contributed by atoms with Crippen LogP contribution in [0.5, 0.6) is 0 Å². The van der Waals surface area contributed by atoms with Crippen LogP contribution in [0, 0.1) is 6.92 Å². The van der Waals surface area contributed by atoms with Crippen molar-refractivity contribution in [2.75, 3.05) is 11.9 Å². The quantitative estimate of drug-likeness (QED) is 0.865. The van der Waals surface area contributed by atoms with Crippen molar-refractivity contribution >= 4 is 22.9 Å². The Hall–Kier alpha value is -1.87. The van der Waals surface area contributed by atoms with E-state index < -0.39 is 0 Å². The lowest BCUT2D eigenvalue weighted by atomic mass is 10.1. The molecule has 0 aliphatic rings. The van der Waals surface area contributed by atoms with Gasteiger partial charge in [0.1, 0.15) is 4.99 Å². The molecule has 0 unspecified atom stereocenters. The Balaban J connectivity index is 2.28. The summed E-state index contributed by atoms with van der Waals surface area (Å²) in [5, 5.41) is 0. The van der Waals surface area contributed by atoms with Gasteiger partial charge in [0.05, 0.1) is 0 Å². The zero-order valence-corrected chi connectivity index (χ0v) is 12.1. The van der Waals surface area contributed by atoms with Gasteiger partial charge in [-0.25, -0.2) is 0 Å². The van der Waals surface area contributed by atoms with Gasteiger partial charge in [-0.3, -0.25) is 0 Å². The highest BCUT2D eigenvalue weighted by Gasteiger charge is 2.10. The van der Waals surface area contributed by atoms with Gasteiger partial charge in [-0.2, -0.15) is 0 Å². The first-order valence-electron chi connectivity index (χ1n) is 6.24. The van der Waals surface area contributed by atoms with Crippen molar-refractivity contribution in [1.29, 1.82) is 0 Å². The molecule has 0 spiro atoms. The Labute approximate surface area is 119 Å². The van der Waals surface area contributed by atoms with Crippen molar-refractivity contribution in [2.45, 2.75) is 13.5 Å². The summed E-state index contributed by atoms with van der Waals surface area (Å²) in [4.78, 5) is 2.61. The van der Waals surface area contributed by atoms with Crippen LogP contribution in [0.2, 0.25) is 0 Å². The Morgan fingerprint density at radius 2 is 1.74 bits per heavy atom. The molecule has 0 aliphatic carbocycles. The summed E-state index contributed by atoms with van der Waals surface area (Å²) in [6.45, 7) is 2.97. The molecule has 2 nitrogen and oxygen atoms in total. The number of hydrogen-bond acceptors (Lipinski definition) is 2. The number of thiocarbonyl (C=S) groups is 1. The van der Waals surface area contributed by atoms with Gasteiger partial charge in [0, 0.05) is 24.8 Å². The summed E-state index contributed by atoms with van der Waals surface area (Å²) in [6, 6.07) is 16.4. The number of rotatable bonds is 4. The minimum absolute atomic E-state index is 0.437. The molecule has 2 aromatic carbocycles. The molecule has 0 radical (unpaired) electrons. The average Bonchev–Trinajstić information content (AvgIpc) is 2.41. The van der Waals surface area contributed by atoms with Crippen LogP contribution in [0.3, 0.4) is 0 Å². The second-order valence-corrected chi connectivity index (χ2v) is 5.10. The van der Waals surface area contributed by atoms with Crippen molar-refractivity contribution in [3.8, 4) is 0 Å². The molecule has 0 heterocycles. The predicted octanol–water partition coefficient (Wildman–Crippen LogP) is 3.27. The third kappa shape index (κ3) is 3.12. The smallest absolute Gasteiger partial charge is 0.106 e. The number of hydrogen-bond donors (Lipinski definition) is 1. The van der Waals surface area contributed by atoms with Crippen LogP contribution >= 0.6 is 12.2 Å². The molecule has 0 bridgehead atoms. The fourth-order valence-corrected chi connectivity index (χ4v) is 2.32. The molecular formula is C16H18N2S. The van der Waals surface area contributed by atoms with Gasteiger partial charge in [0.25, 0.3) is 0 Å². The molecule has 0 amide bonds. The van der Waals surface area contributed by atoms with Crippen molar-refractivity contribution < 1.29 is 0 Å². The summed E-state index contributed by atoms with van der Waals surface area (Å²) in [5.41, 5.74) is 10.4. The number of anilines is 1. The third-order valence-electron chi connectivity index (χ3n) is 3.25. The largest absolute Gasteiger partial charge is 0.389 e. The van der Waals surface area contributed by atoms with E-state index in [4.69, 9.17) is 18.0 Å². The molecule has 0 saturated carbocycles. The van der Waals surface area contributed by atoms with Gasteiger partial charge in [-0.05, 0) is 30.2 Å². The maximum absolute atomic E-state index is 5.78. The maximum Gasteiger partial charge on any atom is 0.106 e. The van der Waals surface area contributed by atoms with Crippen LogP contribution in [0.4, 0.5) is 5.69 Å². The van der Waals surface area contributed by atoms with Crippen LogP contribution in [0.25, 0.3) is 0 Å². The highest BCUT2D eigenvalue weighted by atomic mass is 32.1. The van der Waals surface area contributed by atoms with E-state index in [-0.39, 0.29) is 0 Å². The Morgan fingerprint density at radius 1 is 1.11 bits per heavy atom. The summed E-state index contributed by atoms with van der Waals surface area (Å²) in [6.07, 6.45) is 0. The van der Waals surface area contributed by atoms with E-state index in [1.807, 2.05) is 24.3 Å². The second-order valence-electron chi connectivity index (χ2n) is 4.66. The zero-order valence-electron chi connectivity index (χ0n) is 11.3. The van der Waals surface area contributed by atoms with Crippen molar-refractivity contribution in [3.63, 3.8) is 0 Å². The Morgan fingerprint density at radius 3 is 2.42 bits per heavy atom. The minimum atomic E-state index is 0.437. The summed E-state index contributed by atoms with van der Waals surface area (Å²) in [7, 11) is 2.06. The molecule has 0 aromatic heterocycles. The molecule has 3 heteroatoms. The maximum atomic E-state index is 5.78. The lowest BCUT2D eigenvalue weighted by Crippen LogP contribution is -2.21. The Bertz CT molecular complexity index is 593. The molecule has 0 fully saturated rings. The van der Waals surface area contributed by atoms with Gasteiger partial charge >= 0.3 is 0 Å². The molecular weight excluding hydrogens is 252 g/mol. The van der Waals surface area contributed by atoms with Crippen LogP contribution < -0.4 is 10.6 Å². The van der Waals surface area contributed by atoms with Crippen molar-refractivity contribution in [1.82, 2.24) is 0 Å². The lowest BCUT2D eigenvalue weighted by Gasteiger charge is -2.23. The SMILES string of the molecule is Cc1ccccc1CN(C)c1ccccc1C(N)=S. The van der Waals surface area contributed by atoms with E-state index in [1.54, 1.807) is 0 Å². The molecule has 2 aromatic rings. The van der Waals surface area contributed by atoms with Crippen molar-refractivity contribution in [2.24, 2.45) is 5.73 Å². The first kappa shape index (κ1) is 13.6. The standard InChI is InChI=1S/C16H18N2S/c1-12-7-3-4-8-13(12)11-18(2)15-10-6-5-9-14(15)16(17)19/h3-10H,11H2,1-2H3,(H2,17,19). The topological polar surface area (TPSA) is 29.3 Å². The van der Waals surface area contributed by atoms with E-state index >= 15 is 0 Å². The van der Waals surface area contributed by atoms with E-state index in [9.17, 15) is 0 Å². The zero-order chi connectivity index (χ0) is 13.8. The van der Waals surface area contributed by atoms with E-state index in [0.717, 1.165) is 17.8 Å². The van der Waals surface area contributed by atoms with Crippen LogP contribution in [0.1, 0.15) is 16.7 Å². The first-order valence-corrected chi connectivity index (χ1v) is 6.65. The van der Waals surface area contributed by atoms with E-state index in [0.29, 0.717) is 4.99 Å². The van der Waals surface area contributed by atoms with Crippen LogP contribution in [-0.2, 0) is 6.54 Å². The van der Waals surface area contributed by atoms with Gasteiger partial charge in [-0.15, -0.1) is 0 Å². The van der Waals surface area contributed by atoms with Crippen molar-refractivity contribution in [3.05, 3.63) is 65.2 Å². The number of nitrogens with two attached hydrogens (primary N) is 1. The first-order chi connectivity index (χ1) is 9.09. The fourth-order valence-electron chi connectivity index (χ4n) is 2.14. The highest BCUT2D eigenvalue weighted by Crippen LogP contribution is 2.21. The fraction of sp³-hybridized carbons (Fsp3) is 0.188. The average molecular weight is 270 g/mol. The number of benzene rings is 2. The third-order valence-corrected chi connectivity index (χ3v) is 3.47. The summed E-state index contributed by atoms with van der Waals surface area (Å²) in [5.74, 6) is 0. The van der Waals surface area contributed by atoms with E-state index in [1.165, 1.54) is 11.1 Å². The monoisotopic (exact) mass is 270 g/mol. The molecule has 98 valence electrons. The van der Waals surface area contributed by atoms with Crippen LogP contribution in [-0.4, -0.2) is 12.0 Å². The molecule has 2 N–H and O–H groups in total. The lowest BCUT2D eigenvalue weighted by molar-refractivity contribution is 0.913. The highest BCUT2D eigenvalue weighted by molar-refractivity contribution is 7.80. The summed E-state index contributed by atoms with van der Waals surface area (Å²) < 4.78 is 0. The van der Waals surface area contributed by atoms with Crippen LogP contribution in [0.15, 0.2) is 48.5 Å². The molecule has 0 aliphatic heterocycles. The van der Waals surface area contributed by atoms with E-state index in [2.05, 4.69) is 43.1 Å². The normalized spacial score (nSPS) is 10.2. The molecule has 0 atom stereocenters. The number of nitrogens with zero attached hydrogens (tertiary/aromatic N) is 1. The predicted molar refractivity (Wildman–Crippen MR) is 85.6 cm³/mol. The number of aryl methyl sites for hydroxylation is 1.